The zero-order valence-electron chi connectivity index (χ0n) is 11.1. The Balaban J connectivity index is -0.0000000856. The van der Waals surface area contributed by atoms with Gasteiger partial charge < -0.3 is 34.5 Å². The molecule has 1 aromatic carbocycles. The first-order valence-electron chi connectivity index (χ1n) is 4.45. The Kier molecular flexibility index (Phi) is 28.3. The van der Waals surface area contributed by atoms with Crippen LogP contribution in [0.4, 0.5) is 0 Å². The number of benzene rings is 1. The van der Waals surface area contributed by atoms with E-state index in [2.05, 4.69) is 0 Å². The number of carbonyl (C=O) groups excluding carboxylic acids is 2. The first-order valence-corrected chi connectivity index (χ1v) is 4.45. The van der Waals surface area contributed by atoms with Gasteiger partial charge in [-0.05, 0) is 12.2 Å². The Bertz CT molecular complexity index is 521. The summed E-state index contributed by atoms with van der Waals surface area (Å²) in [5, 5.41) is 0. The third-order valence-electron chi connectivity index (χ3n) is 1.84. The van der Waals surface area contributed by atoms with E-state index in [1.807, 2.05) is 0 Å². The standard InChI is InChI=1S/C10H6O2.ClH.2N3.3H2S/c11-9-5-6-10(12)8-4-2-1-3-7(8)9;;2*1-3-2;;;/h1-6H;1H;;;3*1H2/q;;2*-1;;;/p+2. The van der Waals surface area contributed by atoms with Crippen molar-refractivity contribution in [1.29, 1.82) is 0 Å². The monoisotopic (exact) mass is 382 g/mol. The van der Waals surface area contributed by atoms with E-state index in [9.17, 15) is 9.59 Å². The van der Waals surface area contributed by atoms with Crippen LogP contribution in [0.15, 0.2) is 36.4 Å². The fourth-order valence-electron chi connectivity index (χ4n) is 1.24. The van der Waals surface area contributed by atoms with Crippen molar-refractivity contribution >= 4 is 52.1 Å². The van der Waals surface area contributed by atoms with E-state index in [4.69, 9.17) is 22.1 Å². The summed E-state index contributed by atoms with van der Waals surface area (Å²) in [7, 11) is 0. The van der Waals surface area contributed by atoms with Crippen LogP contribution in [0.25, 0.3) is 31.9 Å². The Morgan fingerprint density at radius 3 is 1.14 bits per heavy atom. The summed E-state index contributed by atoms with van der Waals surface area (Å²) < 4.78 is 0. The van der Waals surface area contributed by atoms with Crippen LogP contribution in [0, 0.1) is 0 Å². The molecule has 0 aliphatic heterocycles. The fraction of sp³-hybridized carbons (Fsp3) is 0. The molecule has 122 valence electrons. The highest BCUT2D eigenvalue weighted by Crippen LogP contribution is 2.15. The molecule has 22 heavy (non-hydrogen) atoms. The Hall–Kier alpha value is -1.74. The summed E-state index contributed by atoms with van der Waals surface area (Å²) in [6, 6.07) is 6.84. The number of rotatable bonds is 0. The van der Waals surface area contributed by atoms with Gasteiger partial charge >= 0.3 is 0 Å². The molecule has 0 heterocycles. The average molecular weight is 383 g/mol. The second kappa shape index (κ2) is 19.3. The van der Waals surface area contributed by atoms with Crippen molar-refractivity contribution in [2.24, 2.45) is 0 Å². The zero-order valence-corrected chi connectivity index (χ0v) is 15.3. The predicted octanol–water partition coefficient (Wildman–Crippen LogP) is -2.06. The van der Waals surface area contributed by atoms with Crippen molar-refractivity contribution in [2.75, 3.05) is 0 Å². The van der Waals surface area contributed by atoms with Crippen LogP contribution in [-0.2, 0) is 40.5 Å². The topological polar surface area (TPSA) is 152 Å². The molecular weight excluding hydrogens is 368 g/mol. The van der Waals surface area contributed by atoms with E-state index in [-0.39, 0.29) is 64.5 Å². The summed E-state index contributed by atoms with van der Waals surface area (Å²) in [6.45, 7) is 0. The quantitative estimate of drug-likeness (QED) is 0.219. The molecule has 0 unspecified atom stereocenters. The van der Waals surface area contributed by atoms with Crippen LogP contribution >= 0.6 is 0 Å². The molecule has 0 spiro atoms. The van der Waals surface area contributed by atoms with Crippen molar-refractivity contribution in [1.82, 2.24) is 0 Å². The van der Waals surface area contributed by atoms with Crippen molar-refractivity contribution < 1.29 is 22.0 Å². The molecule has 8 nitrogen and oxygen atoms in total. The first-order chi connectivity index (χ1) is 8.62. The first kappa shape index (κ1) is 32.3. The predicted molar refractivity (Wildman–Crippen MR) is 99.0 cm³/mol. The summed E-state index contributed by atoms with van der Waals surface area (Å²) in [4.78, 5) is 25.4. The lowest BCUT2D eigenvalue weighted by molar-refractivity contribution is -0.0000183. The fourth-order valence-corrected chi connectivity index (χ4v) is 1.24. The summed E-state index contributed by atoms with van der Waals surface area (Å²) in [5.41, 5.74) is 28.0. The molecule has 0 radical (unpaired) electrons. The molecule has 2 rings (SSSR count). The third kappa shape index (κ3) is 11.0. The van der Waals surface area contributed by atoms with Crippen molar-refractivity contribution in [2.45, 2.75) is 0 Å². The molecule has 1 aromatic rings. The van der Waals surface area contributed by atoms with Crippen molar-refractivity contribution in [3.63, 3.8) is 0 Å². The van der Waals surface area contributed by atoms with E-state index in [0.29, 0.717) is 11.1 Å². The van der Waals surface area contributed by atoms with Crippen LogP contribution in [0.3, 0.4) is 0 Å². The lowest BCUT2D eigenvalue weighted by Gasteiger charge is -2.06. The number of fused-ring (bicyclic) bond motifs is 1. The van der Waals surface area contributed by atoms with Gasteiger partial charge in [0.1, 0.15) is 0 Å². The number of hydrogen-bond donors (Lipinski definition) is 0. The SMILES string of the molecule is O=C1C=CC(=O)c2ccccc21.[Cl-].[N-]=[N+]=[N-].[N-]=[N+]=[N-].[SH3+].[SH3+].[SH3+]. The van der Waals surface area contributed by atoms with Gasteiger partial charge in [0.2, 0.25) is 0 Å². The molecule has 1 aliphatic rings. The minimum Gasteiger partial charge on any atom is -1.00 e. The molecular formula is C10H15ClN6O2S3. The number of carbonyl (C=O) groups is 2. The van der Waals surface area contributed by atoms with E-state index in [1.54, 1.807) is 24.3 Å². The van der Waals surface area contributed by atoms with E-state index in [0.717, 1.165) is 0 Å². The lowest BCUT2D eigenvalue weighted by Crippen LogP contribution is -3.00. The lowest BCUT2D eigenvalue weighted by atomic mass is 9.95. The Morgan fingerprint density at radius 1 is 0.682 bits per heavy atom. The zero-order chi connectivity index (χ0) is 14.0. The van der Waals surface area contributed by atoms with Crippen LogP contribution in [-0.4, -0.2) is 11.6 Å². The molecule has 0 aromatic heterocycles. The van der Waals surface area contributed by atoms with Gasteiger partial charge in [-0.1, -0.05) is 64.8 Å². The van der Waals surface area contributed by atoms with Crippen LogP contribution < -0.4 is 12.4 Å². The minimum atomic E-state index is -0.0924. The maximum atomic E-state index is 11.2. The molecule has 0 fully saturated rings. The van der Waals surface area contributed by atoms with Crippen LogP contribution in [0.2, 0.25) is 0 Å². The summed E-state index contributed by atoms with van der Waals surface area (Å²) in [6.07, 6.45) is 2.62. The molecule has 12 heteroatoms. The second-order valence-corrected chi connectivity index (χ2v) is 2.79. The van der Waals surface area contributed by atoms with Gasteiger partial charge in [-0.25, -0.2) is 0 Å². The number of nitrogens with zero attached hydrogens (tertiary/aromatic N) is 6. The van der Waals surface area contributed by atoms with Gasteiger partial charge in [0.05, 0.1) is 0 Å². The number of halogens is 1. The van der Waals surface area contributed by atoms with Gasteiger partial charge in [-0.3, -0.25) is 19.4 Å². The van der Waals surface area contributed by atoms with Crippen LogP contribution in [0.5, 0.6) is 0 Å². The van der Waals surface area contributed by atoms with E-state index >= 15 is 0 Å². The molecule has 0 amide bonds. The number of hydrogen-bond acceptors (Lipinski definition) is 2. The normalized spacial score (nSPS) is 8.73. The summed E-state index contributed by atoms with van der Waals surface area (Å²) in [5.74, 6) is -0.185. The largest absolute Gasteiger partial charge is 1.00 e. The maximum Gasteiger partial charge on any atom is 0.186 e. The smallest absolute Gasteiger partial charge is 0.186 e. The molecule has 0 N–H and O–H groups in total. The number of ketones is 2. The van der Waals surface area contributed by atoms with Gasteiger partial charge in [0, 0.05) is 11.1 Å². The molecule has 0 saturated carbocycles. The minimum absolute atomic E-state index is 0. The van der Waals surface area contributed by atoms with E-state index in [1.165, 1.54) is 22.0 Å². The Labute approximate surface area is 153 Å². The molecule has 0 saturated heterocycles. The van der Waals surface area contributed by atoms with E-state index < -0.39 is 0 Å². The highest BCUT2D eigenvalue weighted by molar-refractivity contribution is 7.37. The van der Waals surface area contributed by atoms with Gasteiger partial charge in [0.15, 0.2) is 11.6 Å². The van der Waals surface area contributed by atoms with Crippen molar-refractivity contribution in [3.8, 4) is 0 Å². The van der Waals surface area contributed by atoms with Gasteiger partial charge in [-0.15, -0.1) is 0 Å². The maximum absolute atomic E-state index is 11.2. The molecule has 0 atom stereocenters. The molecule has 0 bridgehead atoms. The van der Waals surface area contributed by atoms with Gasteiger partial charge in [-0.2, -0.15) is 0 Å². The highest BCUT2D eigenvalue weighted by atomic mass is 35.5. The summed E-state index contributed by atoms with van der Waals surface area (Å²) >= 11 is 0. The second-order valence-electron chi connectivity index (χ2n) is 2.79. The Morgan fingerprint density at radius 2 is 0.909 bits per heavy atom. The third-order valence-corrected chi connectivity index (χ3v) is 1.84. The number of allylic oxidation sites excluding steroid dienone is 2. The molecule has 1 aliphatic carbocycles. The average Bonchev–Trinajstić information content (AvgIpc) is 2.36. The van der Waals surface area contributed by atoms with Crippen molar-refractivity contribution in [3.05, 3.63) is 79.5 Å². The highest BCUT2D eigenvalue weighted by Gasteiger charge is 2.16. The van der Waals surface area contributed by atoms with Gasteiger partial charge in [0.25, 0.3) is 0 Å². The van der Waals surface area contributed by atoms with Crippen LogP contribution in [0.1, 0.15) is 20.7 Å².